The molecule has 0 unspecified atom stereocenters. The van der Waals surface area contributed by atoms with Crippen molar-refractivity contribution in [1.29, 1.82) is 0 Å². The summed E-state index contributed by atoms with van der Waals surface area (Å²) in [6, 6.07) is 7.67. The Hall–Kier alpha value is -2.41. The Kier molecular flexibility index (Phi) is 6.32. The van der Waals surface area contributed by atoms with Gasteiger partial charge in [0.25, 0.3) is 5.91 Å². The van der Waals surface area contributed by atoms with Gasteiger partial charge in [-0.1, -0.05) is 36.8 Å². The Morgan fingerprint density at radius 2 is 1.71 bits per heavy atom. The van der Waals surface area contributed by atoms with Crippen molar-refractivity contribution in [2.24, 2.45) is 0 Å². The molecule has 0 atom stereocenters. The highest BCUT2D eigenvalue weighted by molar-refractivity contribution is 6.07. The molecular weight excluding hydrogens is 392 g/mol. The highest BCUT2D eigenvalue weighted by Crippen LogP contribution is 2.32. The number of aryl methyl sites for hydroxylation is 1. The Morgan fingerprint density at radius 3 is 2.32 bits per heavy atom. The molecule has 7 nitrogen and oxygen atoms in total. The maximum absolute atomic E-state index is 13.3. The van der Waals surface area contributed by atoms with Crippen LogP contribution >= 0.6 is 0 Å². The van der Waals surface area contributed by atoms with Crippen LogP contribution in [0.2, 0.25) is 0 Å². The lowest BCUT2D eigenvalue weighted by Crippen LogP contribution is -2.55. The largest absolute Gasteiger partial charge is 0.342 e. The number of likely N-dealkylation sites (tertiary alicyclic amines) is 2. The number of imide groups is 1. The van der Waals surface area contributed by atoms with Gasteiger partial charge in [0.15, 0.2) is 0 Å². The van der Waals surface area contributed by atoms with Crippen LogP contribution in [-0.2, 0) is 16.0 Å². The predicted octanol–water partition coefficient (Wildman–Crippen LogP) is 2.32. The number of rotatable bonds is 5. The van der Waals surface area contributed by atoms with Gasteiger partial charge in [-0.2, -0.15) is 0 Å². The highest BCUT2D eigenvalue weighted by Gasteiger charge is 2.54. The fourth-order valence-electron chi connectivity index (χ4n) is 5.15. The van der Waals surface area contributed by atoms with Crippen LogP contribution < -0.4 is 5.32 Å². The fourth-order valence-corrected chi connectivity index (χ4v) is 5.15. The van der Waals surface area contributed by atoms with Crippen molar-refractivity contribution in [2.45, 2.75) is 64.0 Å². The topological polar surface area (TPSA) is 73.0 Å². The number of carbonyl (C=O) groups is 3. The van der Waals surface area contributed by atoms with Crippen LogP contribution in [0.15, 0.2) is 24.3 Å². The third kappa shape index (κ3) is 4.47. The summed E-state index contributed by atoms with van der Waals surface area (Å²) in [5.74, 6) is 0.0531. The van der Waals surface area contributed by atoms with Gasteiger partial charge in [0.1, 0.15) is 5.54 Å². The first-order valence-corrected chi connectivity index (χ1v) is 11.6. The standard InChI is InChI=1S/C24H34N4O3/c1-3-12-26-15-10-24(11-16-26)22(30)28(23(31)25-24)20-8-13-27(14-9-20)21(29)17-19-6-4-18(2)5-7-19/h4-7,20H,3,8-17H2,1-2H3,(H,25,31). The van der Waals surface area contributed by atoms with Crippen molar-refractivity contribution in [1.82, 2.24) is 20.0 Å². The van der Waals surface area contributed by atoms with E-state index in [1.54, 1.807) is 0 Å². The Labute approximate surface area is 184 Å². The Balaban J connectivity index is 1.32. The Morgan fingerprint density at radius 1 is 1.06 bits per heavy atom. The van der Waals surface area contributed by atoms with E-state index in [0.717, 1.165) is 31.6 Å². The van der Waals surface area contributed by atoms with Crippen LogP contribution in [0, 0.1) is 6.92 Å². The molecule has 7 heteroatoms. The zero-order valence-electron chi connectivity index (χ0n) is 18.7. The van der Waals surface area contributed by atoms with Crippen molar-refractivity contribution in [2.75, 3.05) is 32.7 Å². The van der Waals surface area contributed by atoms with Crippen molar-refractivity contribution in [3.05, 3.63) is 35.4 Å². The summed E-state index contributed by atoms with van der Waals surface area (Å²) in [6.07, 6.45) is 4.16. The fraction of sp³-hybridized carbons (Fsp3) is 0.625. The van der Waals surface area contributed by atoms with Gasteiger partial charge >= 0.3 is 6.03 Å². The first-order chi connectivity index (χ1) is 14.9. The SMILES string of the molecule is CCCN1CCC2(CC1)NC(=O)N(C1CCN(C(=O)Cc3ccc(C)cc3)CC1)C2=O. The predicted molar refractivity (Wildman–Crippen MR) is 119 cm³/mol. The molecule has 1 N–H and O–H groups in total. The normalized spacial score (nSPS) is 22.3. The third-order valence-corrected chi connectivity index (χ3v) is 7.10. The molecule has 3 aliphatic heterocycles. The molecule has 3 heterocycles. The smallest absolute Gasteiger partial charge is 0.325 e. The number of hydrogen-bond acceptors (Lipinski definition) is 4. The van der Waals surface area contributed by atoms with Crippen molar-refractivity contribution < 1.29 is 14.4 Å². The van der Waals surface area contributed by atoms with Crippen molar-refractivity contribution in [3.63, 3.8) is 0 Å². The second kappa shape index (κ2) is 8.99. The summed E-state index contributed by atoms with van der Waals surface area (Å²) >= 11 is 0. The average Bonchev–Trinajstić information content (AvgIpc) is 3.01. The molecule has 0 saturated carbocycles. The monoisotopic (exact) mass is 426 g/mol. The summed E-state index contributed by atoms with van der Waals surface area (Å²) in [6.45, 7) is 8.10. The molecule has 1 aromatic carbocycles. The summed E-state index contributed by atoms with van der Waals surface area (Å²) in [7, 11) is 0. The van der Waals surface area contributed by atoms with E-state index in [1.165, 1.54) is 10.5 Å². The van der Waals surface area contributed by atoms with E-state index in [9.17, 15) is 14.4 Å². The number of piperidine rings is 2. The van der Waals surface area contributed by atoms with E-state index >= 15 is 0 Å². The summed E-state index contributed by atoms with van der Waals surface area (Å²) in [5, 5.41) is 3.03. The van der Waals surface area contributed by atoms with Crippen molar-refractivity contribution in [3.8, 4) is 0 Å². The number of carbonyl (C=O) groups excluding carboxylic acids is 3. The van der Waals surface area contributed by atoms with Gasteiger partial charge in [-0.25, -0.2) is 4.79 Å². The molecule has 168 valence electrons. The van der Waals surface area contributed by atoms with Crippen LogP contribution in [0.3, 0.4) is 0 Å². The molecule has 3 fully saturated rings. The van der Waals surface area contributed by atoms with Gasteiger partial charge < -0.3 is 15.1 Å². The van der Waals surface area contributed by atoms with Crippen LogP contribution in [0.25, 0.3) is 0 Å². The molecule has 1 aromatic rings. The molecule has 0 aromatic heterocycles. The van der Waals surface area contributed by atoms with Crippen LogP contribution in [0.1, 0.15) is 50.2 Å². The molecule has 4 amide bonds. The van der Waals surface area contributed by atoms with E-state index in [0.29, 0.717) is 45.2 Å². The van der Waals surface area contributed by atoms with E-state index in [2.05, 4.69) is 17.1 Å². The summed E-state index contributed by atoms with van der Waals surface area (Å²) < 4.78 is 0. The Bertz CT molecular complexity index is 822. The van der Waals surface area contributed by atoms with E-state index in [-0.39, 0.29) is 23.9 Å². The van der Waals surface area contributed by atoms with Crippen LogP contribution in [0.5, 0.6) is 0 Å². The minimum Gasteiger partial charge on any atom is -0.342 e. The number of hydrogen-bond donors (Lipinski definition) is 1. The molecule has 4 rings (SSSR count). The minimum absolute atomic E-state index is 0.0573. The van der Waals surface area contributed by atoms with Gasteiger partial charge in [0.2, 0.25) is 5.91 Å². The first-order valence-electron chi connectivity index (χ1n) is 11.6. The second-order valence-corrected chi connectivity index (χ2v) is 9.30. The lowest BCUT2D eigenvalue weighted by atomic mass is 9.87. The average molecular weight is 427 g/mol. The van der Waals surface area contributed by atoms with Gasteiger partial charge in [-0.05, 0) is 51.1 Å². The van der Waals surface area contributed by atoms with Crippen LogP contribution in [0.4, 0.5) is 4.79 Å². The number of urea groups is 1. The lowest BCUT2D eigenvalue weighted by molar-refractivity contribution is -0.136. The van der Waals surface area contributed by atoms with Crippen LogP contribution in [-0.4, -0.2) is 76.8 Å². The van der Waals surface area contributed by atoms with E-state index in [4.69, 9.17) is 0 Å². The zero-order valence-corrected chi connectivity index (χ0v) is 18.7. The number of nitrogens with one attached hydrogen (secondary N) is 1. The molecular formula is C24H34N4O3. The van der Waals surface area contributed by atoms with Crippen molar-refractivity contribution >= 4 is 17.8 Å². The van der Waals surface area contributed by atoms with E-state index < -0.39 is 5.54 Å². The quantitative estimate of drug-likeness (QED) is 0.734. The zero-order chi connectivity index (χ0) is 22.0. The highest BCUT2D eigenvalue weighted by atomic mass is 16.2. The van der Waals surface area contributed by atoms with Gasteiger partial charge in [-0.3, -0.25) is 14.5 Å². The number of nitrogens with zero attached hydrogens (tertiary/aromatic N) is 3. The molecule has 0 radical (unpaired) electrons. The molecule has 0 aliphatic carbocycles. The number of amides is 4. The number of benzene rings is 1. The maximum atomic E-state index is 13.3. The molecule has 3 aliphatic rings. The van der Waals surface area contributed by atoms with E-state index in [1.807, 2.05) is 36.1 Å². The lowest BCUT2D eigenvalue weighted by Gasteiger charge is -2.38. The molecule has 3 saturated heterocycles. The maximum Gasteiger partial charge on any atom is 0.325 e. The summed E-state index contributed by atoms with van der Waals surface area (Å²) in [4.78, 5) is 44.4. The van der Waals surface area contributed by atoms with Gasteiger partial charge in [0, 0.05) is 32.2 Å². The molecule has 1 spiro atoms. The van der Waals surface area contributed by atoms with Gasteiger partial charge in [0.05, 0.1) is 6.42 Å². The molecule has 31 heavy (non-hydrogen) atoms. The molecule has 0 bridgehead atoms. The summed E-state index contributed by atoms with van der Waals surface area (Å²) in [5.41, 5.74) is 1.47. The first kappa shape index (κ1) is 21.8. The third-order valence-electron chi connectivity index (χ3n) is 7.10. The second-order valence-electron chi connectivity index (χ2n) is 9.30. The van der Waals surface area contributed by atoms with Gasteiger partial charge in [-0.15, -0.1) is 0 Å². The minimum atomic E-state index is -0.723.